The van der Waals surface area contributed by atoms with Gasteiger partial charge in [0.25, 0.3) is 0 Å². The number of nitrogen functional groups attached to an aromatic ring is 1. The molecule has 2 aromatic carbocycles. The van der Waals surface area contributed by atoms with Gasteiger partial charge in [-0.15, -0.1) is 0 Å². The van der Waals surface area contributed by atoms with Gasteiger partial charge >= 0.3 is 5.69 Å². The molecular formula is C14H14N2O3. The van der Waals surface area contributed by atoms with E-state index in [9.17, 15) is 15.2 Å². The first kappa shape index (κ1) is 12.9. The standard InChI is InChI=1S/C14H14N2O3/c1-8-3-4-9(2)14(15)13(8)10-5-6-12(17)11(7-10)16(18)19/h3-7,17H,15H2,1-2H3. The molecule has 0 atom stereocenters. The Bertz CT molecular complexity index is 666. The summed E-state index contributed by atoms with van der Waals surface area (Å²) in [7, 11) is 0. The van der Waals surface area contributed by atoms with Gasteiger partial charge in [-0.3, -0.25) is 10.1 Å². The number of nitrogens with two attached hydrogens (primary N) is 1. The summed E-state index contributed by atoms with van der Waals surface area (Å²) >= 11 is 0. The monoisotopic (exact) mass is 258 g/mol. The SMILES string of the molecule is Cc1ccc(C)c(-c2ccc(O)c([N+](=O)[O-])c2)c1N. The molecule has 0 aliphatic heterocycles. The molecule has 0 radical (unpaired) electrons. The fraction of sp³-hybridized carbons (Fsp3) is 0.143. The first-order valence-electron chi connectivity index (χ1n) is 5.75. The van der Waals surface area contributed by atoms with Crippen LogP contribution < -0.4 is 5.73 Å². The number of nitro groups is 1. The summed E-state index contributed by atoms with van der Waals surface area (Å²) in [5.41, 5.74) is 9.56. The Hall–Kier alpha value is -2.56. The molecule has 2 rings (SSSR count). The van der Waals surface area contributed by atoms with E-state index in [0.717, 1.165) is 16.7 Å². The summed E-state index contributed by atoms with van der Waals surface area (Å²) in [5.74, 6) is -0.349. The average Bonchev–Trinajstić information content (AvgIpc) is 2.36. The second-order valence-corrected chi connectivity index (χ2v) is 4.45. The lowest BCUT2D eigenvalue weighted by Gasteiger charge is -2.12. The number of phenols is 1. The minimum absolute atomic E-state index is 0.321. The maximum atomic E-state index is 10.9. The molecule has 0 aliphatic rings. The van der Waals surface area contributed by atoms with Gasteiger partial charge in [0.15, 0.2) is 5.75 Å². The number of phenolic OH excluding ortho intramolecular Hbond substituents is 1. The predicted molar refractivity (Wildman–Crippen MR) is 74.1 cm³/mol. The highest BCUT2D eigenvalue weighted by Crippen LogP contribution is 2.36. The number of aryl methyl sites for hydroxylation is 2. The smallest absolute Gasteiger partial charge is 0.311 e. The Morgan fingerprint density at radius 2 is 1.79 bits per heavy atom. The van der Waals surface area contributed by atoms with E-state index in [4.69, 9.17) is 5.73 Å². The maximum Gasteiger partial charge on any atom is 0.311 e. The molecule has 5 heteroatoms. The summed E-state index contributed by atoms with van der Waals surface area (Å²) in [6.45, 7) is 3.77. The summed E-state index contributed by atoms with van der Waals surface area (Å²) in [4.78, 5) is 10.2. The highest BCUT2D eigenvalue weighted by atomic mass is 16.6. The van der Waals surface area contributed by atoms with Crippen LogP contribution >= 0.6 is 0 Å². The van der Waals surface area contributed by atoms with Crippen molar-refractivity contribution in [1.82, 2.24) is 0 Å². The van der Waals surface area contributed by atoms with Crippen LogP contribution in [0.15, 0.2) is 30.3 Å². The minimum atomic E-state index is -0.611. The molecule has 98 valence electrons. The molecule has 0 unspecified atom stereocenters. The number of nitrogens with zero attached hydrogens (tertiary/aromatic N) is 1. The summed E-state index contributed by atoms with van der Waals surface area (Å²) in [6, 6.07) is 8.10. The van der Waals surface area contributed by atoms with Gasteiger partial charge < -0.3 is 10.8 Å². The van der Waals surface area contributed by atoms with Gasteiger partial charge in [0, 0.05) is 17.3 Å². The van der Waals surface area contributed by atoms with Gasteiger partial charge in [0.05, 0.1) is 4.92 Å². The van der Waals surface area contributed by atoms with Crippen molar-refractivity contribution in [3.8, 4) is 16.9 Å². The van der Waals surface area contributed by atoms with Crippen LogP contribution in [0.4, 0.5) is 11.4 Å². The van der Waals surface area contributed by atoms with Crippen LogP contribution in [0.3, 0.4) is 0 Å². The van der Waals surface area contributed by atoms with Crippen LogP contribution in [-0.4, -0.2) is 10.0 Å². The van der Waals surface area contributed by atoms with Crippen LogP contribution in [0.2, 0.25) is 0 Å². The van der Waals surface area contributed by atoms with Gasteiger partial charge in [-0.2, -0.15) is 0 Å². The van der Waals surface area contributed by atoms with Crippen molar-refractivity contribution in [3.05, 3.63) is 51.6 Å². The summed E-state index contributed by atoms with van der Waals surface area (Å²) in [5, 5.41) is 20.3. The number of benzene rings is 2. The van der Waals surface area contributed by atoms with Crippen molar-refractivity contribution >= 4 is 11.4 Å². The zero-order chi connectivity index (χ0) is 14.2. The lowest BCUT2D eigenvalue weighted by atomic mass is 9.95. The molecule has 0 aliphatic carbocycles. The molecular weight excluding hydrogens is 244 g/mol. The van der Waals surface area contributed by atoms with Crippen LogP contribution in [0.25, 0.3) is 11.1 Å². The fourth-order valence-electron chi connectivity index (χ4n) is 2.04. The van der Waals surface area contributed by atoms with E-state index in [1.54, 1.807) is 6.07 Å². The third-order valence-electron chi connectivity index (χ3n) is 3.13. The van der Waals surface area contributed by atoms with Gasteiger partial charge in [-0.25, -0.2) is 0 Å². The van der Waals surface area contributed by atoms with Gasteiger partial charge in [0.2, 0.25) is 0 Å². The van der Waals surface area contributed by atoms with Crippen LogP contribution in [-0.2, 0) is 0 Å². The Kier molecular flexibility index (Phi) is 3.12. The Balaban J connectivity index is 2.70. The maximum absolute atomic E-state index is 10.9. The number of hydrogen-bond donors (Lipinski definition) is 2. The number of aromatic hydroxyl groups is 1. The van der Waals surface area contributed by atoms with Gasteiger partial charge in [-0.05, 0) is 36.6 Å². The van der Waals surface area contributed by atoms with E-state index in [2.05, 4.69) is 0 Å². The normalized spacial score (nSPS) is 10.4. The summed E-state index contributed by atoms with van der Waals surface area (Å²) in [6.07, 6.45) is 0. The van der Waals surface area contributed by atoms with E-state index in [0.29, 0.717) is 11.3 Å². The Labute approximate surface area is 110 Å². The van der Waals surface area contributed by atoms with E-state index >= 15 is 0 Å². The molecule has 0 saturated heterocycles. The third kappa shape index (κ3) is 2.22. The quantitative estimate of drug-likeness (QED) is 0.492. The van der Waals surface area contributed by atoms with Crippen LogP contribution in [0.1, 0.15) is 11.1 Å². The molecule has 0 fully saturated rings. The fourth-order valence-corrected chi connectivity index (χ4v) is 2.04. The van der Waals surface area contributed by atoms with Crippen molar-refractivity contribution in [1.29, 1.82) is 0 Å². The van der Waals surface area contributed by atoms with Crippen molar-refractivity contribution in [2.75, 3.05) is 5.73 Å². The molecule has 0 aromatic heterocycles. The molecule has 2 aromatic rings. The second-order valence-electron chi connectivity index (χ2n) is 4.45. The molecule has 5 nitrogen and oxygen atoms in total. The van der Waals surface area contributed by atoms with Crippen molar-refractivity contribution < 1.29 is 10.0 Å². The number of anilines is 1. The first-order chi connectivity index (χ1) is 8.91. The average molecular weight is 258 g/mol. The van der Waals surface area contributed by atoms with E-state index in [1.807, 2.05) is 26.0 Å². The van der Waals surface area contributed by atoms with E-state index in [-0.39, 0.29) is 11.4 Å². The lowest BCUT2D eigenvalue weighted by Crippen LogP contribution is -1.97. The van der Waals surface area contributed by atoms with E-state index in [1.165, 1.54) is 12.1 Å². The zero-order valence-electron chi connectivity index (χ0n) is 10.7. The van der Waals surface area contributed by atoms with Crippen LogP contribution in [0.5, 0.6) is 5.75 Å². The van der Waals surface area contributed by atoms with Crippen LogP contribution in [0, 0.1) is 24.0 Å². The Morgan fingerprint density at radius 1 is 1.16 bits per heavy atom. The van der Waals surface area contributed by atoms with E-state index < -0.39 is 4.92 Å². The second kappa shape index (κ2) is 4.61. The zero-order valence-corrected chi connectivity index (χ0v) is 10.7. The Morgan fingerprint density at radius 3 is 2.42 bits per heavy atom. The third-order valence-corrected chi connectivity index (χ3v) is 3.13. The molecule has 0 saturated carbocycles. The molecule has 19 heavy (non-hydrogen) atoms. The highest BCUT2D eigenvalue weighted by molar-refractivity contribution is 5.82. The lowest BCUT2D eigenvalue weighted by molar-refractivity contribution is -0.385. The number of nitro benzene ring substituents is 1. The summed E-state index contributed by atoms with van der Waals surface area (Å²) < 4.78 is 0. The predicted octanol–water partition coefficient (Wildman–Crippen LogP) is 3.17. The highest BCUT2D eigenvalue weighted by Gasteiger charge is 2.16. The molecule has 3 N–H and O–H groups in total. The molecule has 0 heterocycles. The minimum Gasteiger partial charge on any atom is -0.502 e. The number of rotatable bonds is 2. The molecule has 0 bridgehead atoms. The van der Waals surface area contributed by atoms with Crippen molar-refractivity contribution in [2.24, 2.45) is 0 Å². The van der Waals surface area contributed by atoms with Gasteiger partial charge in [0.1, 0.15) is 0 Å². The molecule has 0 spiro atoms. The number of hydrogen-bond acceptors (Lipinski definition) is 4. The topological polar surface area (TPSA) is 89.4 Å². The molecule has 0 amide bonds. The van der Waals surface area contributed by atoms with Crippen molar-refractivity contribution in [2.45, 2.75) is 13.8 Å². The van der Waals surface area contributed by atoms with Gasteiger partial charge in [-0.1, -0.05) is 18.2 Å². The first-order valence-corrected chi connectivity index (χ1v) is 5.75. The largest absolute Gasteiger partial charge is 0.502 e. The van der Waals surface area contributed by atoms with Crippen molar-refractivity contribution in [3.63, 3.8) is 0 Å².